The molecule has 0 aromatic carbocycles. The Labute approximate surface area is 79.9 Å². The quantitative estimate of drug-likeness (QED) is 0.548. The molecule has 12 nitrogen and oxygen atoms in total. The molecule has 0 unspecified atom stereocenters. The number of nitrogens with zero attached hydrogens (tertiary/aromatic N) is 5. The molecule has 12 heteroatoms. The number of nitro groups is 3. The summed E-state index contributed by atoms with van der Waals surface area (Å²) in [5, 5.41) is 36.0. The monoisotopic (exact) mass is 220 g/mol. The summed E-state index contributed by atoms with van der Waals surface area (Å²) in [6.45, 7) is 0. The summed E-state index contributed by atoms with van der Waals surface area (Å²) in [6, 6.07) is 0. The Morgan fingerprint density at radius 1 is 1.00 bits per heavy atom. The number of hydrogen-bond acceptors (Lipinski definition) is 7. The Bertz CT molecular complexity index is 391. The normalized spacial score (nSPS) is 9.07. The van der Waals surface area contributed by atoms with Crippen LogP contribution in [0.5, 0.6) is 0 Å². The molecule has 0 aliphatic rings. The highest BCUT2D eigenvalue weighted by Gasteiger charge is 2.36. The molecule has 0 aliphatic heterocycles. The molecular weight excluding hydrogens is 216 g/mol. The van der Waals surface area contributed by atoms with Crippen LogP contribution in [0.25, 0.3) is 0 Å². The molecule has 0 saturated carbocycles. The molecule has 0 bridgehead atoms. The van der Waals surface area contributed by atoms with E-state index in [-0.39, 0.29) is 6.15 Å². The van der Waals surface area contributed by atoms with Crippen molar-refractivity contribution in [1.82, 2.24) is 16.3 Å². The van der Waals surface area contributed by atoms with Crippen LogP contribution >= 0.6 is 0 Å². The van der Waals surface area contributed by atoms with Crippen molar-refractivity contribution in [3.63, 3.8) is 0 Å². The van der Waals surface area contributed by atoms with Crippen molar-refractivity contribution in [2.45, 2.75) is 0 Å². The van der Waals surface area contributed by atoms with E-state index in [1.165, 1.54) is 0 Å². The van der Waals surface area contributed by atoms with Crippen molar-refractivity contribution < 1.29 is 14.8 Å². The molecule has 0 spiro atoms. The third kappa shape index (κ3) is 1.99. The average Bonchev–Trinajstić information content (AvgIpc) is 2.46. The van der Waals surface area contributed by atoms with Crippen LogP contribution in [-0.4, -0.2) is 19.9 Å². The molecule has 15 heavy (non-hydrogen) atoms. The van der Waals surface area contributed by atoms with Gasteiger partial charge in [0.15, 0.2) is 0 Å². The third-order valence-electron chi connectivity index (χ3n) is 1.19. The summed E-state index contributed by atoms with van der Waals surface area (Å²) >= 11 is 0. The minimum absolute atomic E-state index is 0. The highest BCUT2D eigenvalue weighted by Crippen LogP contribution is 2.32. The van der Waals surface area contributed by atoms with E-state index in [1.54, 1.807) is 0 Å². The van der Waals surface area contributed by atoms with Crippen LogP contribution in [0.3, 0.4) is 0 Å². The lowest BCUT2D eigenvalue weighted by Crippen LogP contribution is -1.97. The van der Waals surface area contributed by atoms with Gasteiger partial charge in [0.05, 0.1) is 10.0 Å². The standard InChI is InChI=1S/C3N5O6.H3N/c9-6(10)1-2(7(11)12)4-5-3(1)8(13)14;/h;1H3/q-1;/p+1. The topological polar surface area (TPSA) is 193 Å². The molecule has 0 saturated heterocycles. The predicted octanol–water partition coefficient (Wildman–Crippen LogP) is 0.140. The fourth-order valence-electron chi connectivity index (χ4n) is 0.699. The Kier molecular flexibility index (Phi) is 3.34. The molecule has 1 aromatic rings. The Morgan fingerprint density at radius 2 is 1.53 bits per heavy atom. The minimum atomic E-state index is -1.31. The molecule has 1 aromatic heterocycles. The molecule has 0 amide bonds. The van der Waals surface area contributed by atoms with Gasteiger partial charge in [0.2, 0.25) is 0 Å². The zero-order valence-electron chi connectivity index (χ0n) is 7.19. The van der Waals surface area contributed by atoms with Crippen LogP contribution in [0, 0.1) is 30.3 Å². The van der Waals surface area contributed by atoms with Gasteiger partial charge in [-0.1, -0.05) is 0 Å². The largest absolute Gasteiger partial charge is 0.472 e. The summed E-state index contributed by atoms with van der Waals surface area (Å²) in [4.78, 5) is 26.8. The van der Waals surface area contributed by atoms with E-state index in [2.05, 4.69) is 10.2 Å². The van der Waals surface area contributed by atoms with Gasteiger partial charge >= 0.3 is 11.5 Å². The molecule has 0 atom stereocenters. The van der Waals surface area contributed by atoms with Gasteiger partial charge in [0.25, 0.3) is 5.82 Å². The third-order valence-corrected chi connectivity index (χ3v) is 1.19. The van der Waals surface area contributed by atoms with E-state index in [1.807, 2.05) is 0 Å². The van der Waals surface area contributed by atoms with Gasteiger partial charge in [0.1, 0.15) is 0 Å². The zero-order chi connectivity index (χ0) is 10.9. The lowest BCUT2D eigenvalue weighted by Gasteiger charge is -1.96. The molecule has 1 rings (SSSR count). The maximum absolute atomic E-state index is 10.2. The van der Waals surface area contributed by atoms with Crippen LogP contribution < -0.4 is 11.2 Å². The van der Waals surface area contributed by atoms with Gasteiger partial charge in [-0.25, -0.2) is 0 Å². The van der Waals surface area contributed by atoms with Crippen LogP contribution in [0.4, 0.5) is 17.3 Å². The summed E-state index contributed by atoms with van der Waals surface area (Å²) in [5.41, 5.74) is -1.31. The van der Waals surface area contributed by atoms with E-state index in [0.29, 0.717) is 0 Å². The molecule has 0 fully saturated rings. The Balaban J connectivity index is 0.00000196. The van der Waals surface area contributed by atoms with Crippen molar-refractivity contribution in [2.24, 2.45) is 0 Å². The van der Waals surface area contributed by atoms with Gasteiger partial charge in [-0.2, -0.15) is 4.92 Å². The van der Waals surface area contributed by atoms with Crippen LogP contribution in [0.15, 0.2) is 0 Å². The first-order chi connectivity index (χ1) is 6.45. The van der Waals surface area contributed by atoms with E-state index >= 15 is 0 Å². The minimum Gasteiger partial charge on any atom is -0.459 e. The van der Waals surface area contributed by atoms with Crippen molar-refractivity contribution >= 4 is 17.3 Å². The first-order valence-electron chi connectivity index (χ1n) is 2.91. The average molecular weight is 220 g/mol. The second-order valence-corrected chi connectivity index (χ2v) is 1.97. The van der Waals surface area contributed by atoms with E-state index in [0.717, 1.165) is 0 Å². The number of quaternary nitrogens is 1. The van der Waals surface area contributed by atoms with Gasteiger partial charge in [-0.3, -0.25) is 10.1 Å². The fourth-order valence-corrected chi connectivity index (χ4v) is 0.699. The first kappa shape index (κ1) is 12.4. The van der Waals surface area contributed by atoms with E-state index in [4.69, 9.17) is 0 Å². The maximum atomic E-state index is 10.2. The molecule has 82 valence electrons. The lowest BCUT2D eigenvalue weighted by molar-refractivity contribution is -0.441. The summed E-state index contributed by atoms with van der Waals surface area (Å²) < 4.78 is 0. The van der Waals surface area contributed by atoms with Gasteiger partial charge in [-0.15, -0.1) is 0 Å². The Hall–Kier alpha value is -2.63. The van der Waals surface area contributed by atoms with Crippen molar-refractivity contribution in [3.8, 4) is 0 Å². The summed E-state index contributed by atoms with van der Waals surface area (Å²) in [5.74, 6) is -2.47. The highest BCUT2D eigenvalue weighted by molar-refractivity contribution is 5.58. The van der Waals surface area contributed by atoms with Gasteiger partial charge in [-0.05, 0) is 10.0 Å². The van der Waals surface area contributed by atoms with E-state index < -0.39 is 32.1 Å². The second kappa shape index (κ2) is 4.05. The smallest absolute Gasteiger partial charge is 0.459 e. The summed E-state index contributed by atoms with van der Waals surface area (Å²) in [7, 11) is 0. The number of rotatable bonds is 3. The highest BCUT2D eigenvalue weighted by atomic mass is 16.7. The zero-order valence-corrected chi connectivity index (χ0v) is 7.19. The first-order valence-corrected chi connectivity index (χ1v) is 2.91. The molecule has 4 N–H and O–H groups in total. The fraction of sp³-hybridized carbons (Fsp3) is 0. The predicted molar refractivity (Wildman–Crippen MR) is 43.5 cm³/mol. The second-order valence-electron chi connectivity index (χ2n) is 1.97. The van der Waals surface area contributed by atoms with Gasteiger partial charge < -0.3 is 26.4 Å². The SMILES string of the molecule is O=[N+]([O-])c1n[n-]c([N+](=O)[O-])c1[N+](=O)[O-].[NH4+]. The van der Waals surface area contributed by atoms with E-state index in [9.17, 15) is 30.3 Å². The van der Waals surface area contributed by atoms with Crippen molar-refractivity contribution in [3.05, 3.63) is 30.3 Å². The molecular formula is C3H4N6O6. The van der Waals surface area contributed by atoms with Gasteiger partial charge in [0, 0.05) is 0 Å². The lowest BCUT2D eigenvalue weighted by atomic mass is 10.5. The summed E-state index contributed by atoms with van der Waals surface area (Å²) in [6.07, 6.45) is 0. The molecule has 0 radical (unpaired) electrons. The molecule has 0 aliphatic carbocycles. The van der Waals surface area contributed by atoms with Crippen LogP contribution in [-0.2, 0) is 0 Å². The number of aromatic nitrogens is 2. The van der Waals surface area contributed by atoms with Crippen molar-refractivity contribution in [2.75, 3.05) is 0 Å². The molecule has 1 heterocycles. The number of hydrogen-bond donors (Lipinski definition) is 1. The Morgan fingerprint density at radius 3 is 1.87 bits per heavy atom. The van der Waals surface area contributed by atoms with Crippen molar-refractivity contribution in [1.29, 1.82) is 0 Å². The van der Waals surface area contributed by atoms with Crippen LogP contribution in [0.1, 0.15) is 0 Å². The van der Waals surface area contributed by atoms with Crippen LogP contribution in [0.2, 0.25) is 0 Å². The maximum Gasteiger partial charge on any atom is 0.472 e.